The second kappa shape index (κ2) is 9.93. The SMILES string of the molecule is Nc1nc(CC2CCN(C(=O)Oc3ccc(F)cc3)CC2)nc2c1ncn2[C@@H]1O[C@H](CO)C(O)C1O. The van der Waals surface area contributed by atoms with Gasteiger partial charge in [0, 0.05) is 19.5 Å². The van der Waals surface area contributed by atoms with E-state index < -0.39 is 43.1 Å². The van der Waals surface area contributed by atoms with E-state index >= 15 is 0 Å². The number of halogens is 1. The molecule has 2 fully saturated rings. The number of rotatable bonds is 5. The number of fused-ring (bicyclic) bond motifs is 1. The molecule has 2 aliphatic heterocycles. The van der Waals surface area contributed by atoms with Crippen LogP contribution in [0.15, 0.2) is 30.6 Å². The number of aromatic nitrogens is 4. The molecule has 12 nitrogen and oxygen atoms in total. The standard InChI is InChI=1S/C23H27FN6O6/c24-13-1-3-14(4-2-13)35-23(34)29-7-5-12(6-8-29)9-16-27-20(25)17-21(28-16)30(11-26-17)22-19(33)18(32)15(10-31)36-22/h1-4,11-12,15,18-19,22,31-33H,5-10H2,(H2,25,27,28)/t15-,18?,19?,22-/m1/s1. The molecule has 192 valence electrons. The van der Waals surface area contributed by atoms with E-state index in [1.165, 1.54) is 35.2 Å². The highest BCUT2D eigenvalue weighted by Crippen LogP contribution is 2.32. The Kier molecular flexibility index (Phi) is 6.71. The minimum Gasteiger partial charge on any atom is -0.410 e. The van der Waals surface area contributed by atoms with Crippen LogP contribution in [0.25, 0.3) is 11.2 Å². The number of nitrogens with two attached hydrogens (primary N) is 1. The van der Waals surface area contributed by atoms with Gasteiger partial charge in [0.05, 0.1) is 12.9 Å². The van der Waals surface area contributed by atoms with E-state index in [4.69, 9.17) is 15.2 Å². The minimum atomic E-state index is -1.28. The predicted molar refractivity (Wildman–Crippen MR) is 123 cm³/mol. The first kappa shape index (κ1) is 24.3. The average molecular weight is 503 g/mol. The molecule has 0 bridgehead atoms. The van der Waals surface area contributed by atoms with Crippen LogP contribution in [-0.2, 0) is 11.2 Å². The Morgan fingerprint density at radius 3 is 2.56 bits per heavy atom. The number of aliphatic hydroxyl groups is 3. The molecule has 2 saturated heterocycles. The van der Waals surface area contributed by atoms with Gasteiger partial charge in [0.1, 0.15) is 41.2 Å². The van der Waals surface area contributed by atoms with Crippen molar-refractivity contribution in [1.29, 1.82) is 0 Å². The lowest BCUT2D eigenvalue weighted by atomic mass is 9.93. The van der Waals surface area contributed by atoms with Crippen LogP contribution in [0.5, 0.6) is 5.75 Å². The number of benzene rings is 1. The molecule has 13 heteroatoms. The summed E-state index contributed by atoms with van der Waals surface area (Å²) >= 11 is 0. The molecule has 2 aromatic heterocycles. The lowest BCUT2D eigenvalue weighted by Crippen LogP contribution is -2.40. The van der Waals surface area contributed by atoms with Gasteiger partial charge < -0.3 is 35.4 Å². The summed E-state index contributed by atoms with van der Waals surface area (Å²) in [5.41, 5.74) is 6.82. The van der Waals surface area contributed by atoms with Crippen molar-refractivity contribution in [3.63, 3.8) is 0 Å². The lowest BCUT2D eigenvalue weighted by Gasteiger charge is -2.31. The number of nitrogens with zero attached hydrogens (tertiary/aromatic N) is 5. The fraction of sp³-hybridized carbons (Fsp3) is 0.478. The molecule has 1 amide bonds. The number of aliphatic hydroxyl groups excluding tert-OH is 3. The van der Waals surface area contributed by atoms with Crippen LogP contribution in [0.3, 0.4) is 0 Å². The second-order valence-electron chi connectivity index (χ2n) is 9.03. The van der Waals surface area contributed by atoms with E-state index in [0.29, 0.717) is 49.3 Å². The summed E-state index contributed by atoms with van der Waals surface area (Å²) in [5.74, 6) is 0.744. The van der Waals surface area contributed by atoms with Crippen LogP contribution in [0.2, 0.25) is 0 Å². The third-order valence-electron chi connectivity index (χ3n) is 6.65. The molecule has 0 aliphatic carbocycles. The largest absolute Gasteiger partial charge is 0.415 e. The molecule has 5 N–H and O–H groups in total. The maximum Gasteiger partial charge on any atom is 0.415 e. The molecule has 3 aromatic rings. The summed E-state index contributed by atoms with van der Waals surface area (Å²) in [6.07, 6.45) is -1.60. The zero-order valence-corrected chi connectivity index (χ0v) is 19.3. The lowest BCUT2D eigenvalue weighted by molar-refractivity contribution is -0.0511. The Morgan fingerprint density at radius 2 is 1.89 bits per heavy atom. The number of hydrogen-bond donors (Lipinski definition) is 4. The van der Waals surface area contributed by atoms with Crippen LogP contribution in [0, 0.1) is 11.7 Å². The molecule has 2 aliphatic rings. The minimum absolute atomic E-state index is 0.181. The smallest absolute Gasteiger partial charge is 0.410 e. The second-order valence-corrected chi connectivity index (χ2v) is 9.03. The molecule has 2 unspecified atom stereocenters. The average Bonchev–Trinajstić information content (AvgIpc) is 3.42. The van der Waals surface area contributed by atoms with Gasteiger partial charge in [-0.15, -0.1) is 0 Å². The van der Waals surface area contributed by atoms with Gasteiger partial charge >= 0.3 is 6.09 Å². The summed E-state index contributed by atoms with van der Waals surface area (Å²) in [4.78, 5) is 27.2. The zero-order valence-electron chi connectivity index (χ0n) is 19.3. The fourth-order valence-corrected chi connectivity index (χ4v) is 4.62. The van der Waals surface area contributed by atoms with E-state index in [1.807, 2.05) is 0 Å². The number of imidazole rings is 1. The van der Waals surface area contributed by atoms with Crippen molar-refractivity contribution in [3.8, 4) is 5.75 Å². The van der Waals surface area contributed by atoms with Crippen LogP contribution >= 0.6 is 0 Å². The topological polar surface area (TPSA) is 169 Å². The summed E-state index contributed by atoms with van der Waals surface area (Å²) in [6.45, 7) is 0.533. The summed E-state index contributed by atoms with van der Waals surface area (Å²) in [6, 6.07) is 5.28. The van der Waals surface area contributed by atoms with Gasteiger partial charge in [-0.2, -0.15) is 0 Å². The highest BCUT2D eigenvalue weighted by molar-refractivity contribution is 5.81. The normalized spacial score (nSPS) is 24.9. The number of carbonyl (C=O) groups excluding carboxylic acids is 1. The van der Waals surface area contributed by atoms with E-state index in [9.17, 15) is 24.5 Å². The zero-order chi connectivity index (χ0) is 25.4. The predicted octanol–water partition coefficient (Wildman–Crippen LogP) is 0.613. The summed E-state index contributed by atoms with van der Waals surface area (Å²) in [5, 5.41) is 29.9. The summed E-state index contributed by atoms with van der Waals surface area (Å²) in [7, 11) is 0. The molecule has 4 heterocycles. The molecule has 5 rings (SSSR count). The van der Waals surface area contributed by atoms with Gasteiger partial charge in [0.25, 0.3) is 0 Å². The highest BCUT2D eigenvalue weighted by Gasteiger charge is 2.44. The highest BCUT2D eigenvalue weighted by atomic mass is 19.1. The third-order valence-corrected chi connectivity index (χ3v) is 6.65. The Hall–Kier alpha value is -3.39. The van der Waals surface area contributed by atoms with Gasteiger partial charge in [-0.05, 0) is 43.0 Å². The Morgan fingerprint density at radius 1 is 1.17 bits per heavy atom. The van der Waals surface area contributed by atoms with E-state index in [1.54, 1.807) is 4.90 Å². The maximum atomic E-state index is 13.0. The molecule has 0 radical (unpaired) electrons. The number of piperidine rings is 1. The van der Waals surface area contributed by atoms with Crippen molar-refractivity contribution >= 4 is 23.1 Å². The molecular weight excluding hydrogens is 475 g/mol. The van der Waals surface area contributed by atoms with Crippen LogP contribution < -0.4 is 10.5 Å². The van der Waals surface area contributed by atoms with Gasteiger partial charge in [0.2, 0.25) is 0 Å². The van der Waals surface area contributed by atoms with Gasteiger partial charge in [-0.25, -0.2) is 24.1 Å². The van der Waals surface area contributed by atoms with Crippen LogP contribution in [-0.4, -0.2) is 83.8 Å². The number of hydrogen-bond acceptors (Lipinski definition) is 10. The van der Waals surface area contributed by atoms with Crippen LogP contribution in [0.1, 0.15) is 24.9 Å². The quantitative estimate of drug-likeness (QED) is 0.388. The van der Waals surface area contributed by atoms with Crippen molar-refractivity contribution in [3.05, 3.63) is 42.2 Å². The molecule has 0 spiro atoms. The number of nitrogen functional groups attached to an aromatic ring is 1. The molecule has 4 atom stereocenters. The van der Waals surface area contributed by atoms with Gasteiger partial charge in [0.15, 0.2) is 17.7 Å². The van der Waals surface area contributed by atoms with E-state index in [0.717, 1.165) is 0 Å². The Labute approximate surface area is 205 Å². The molecular formula is C23H27FN6O6. The van der Waals surface area contributed by atoms with Gasteiger partial charge in [-0.3, -0.25) is 4.57 Å². The van der Waals surface area contributed by atoms with Crippen molar-refractivity contribution < 1.29 is 34.0 Å². The number of likely N-dealkylation sites (tertiary alicyclic amines) is 1. The number of amides is 1. The molecule has 0 saturated carbocycles. The van der Waals surface area contributed by atoms with E-state index in [2.05, 4.69) is 15.0 Å². The van der Waals surface area contributed by atoms with Crippen molar-refractivity contribution in [1.82, 2.24) is 24.4 Å². The third kappa shape index (κ3) is 4.69. The fourth-order valence-electron chi connectivity index (χ4n) is 4.62. The number of anilines is 1. The Balaban J connectivity index is 1.24. The monoisotopic (exact) mass is 502 g/mol. The first-order valence-electron chi connectivity index (χ1n) is 11.7. The van der Waals surface area contributed by atoms with Crippen molar-refractivity contribution in [2.75, 3.05) is 25.4 Å². The van der Waals surface area contributed by atoms with E-state index in [-0.39, 0.29) is 17.5 Å². The molecule has 36 heavy (non-hydrogen) atoms. The first-order chi connectivity index (χ1) is 17.3. The Bertz CT molecular complexity index is 1230. The van der Waals surface area contributed by atoms with Crippen molar-refractivity contribution in [2.45, 2.75) is 43.8 Å². The molecule has 1 aromatic carbocycles. The van der Waals surface area contributed by atoms with Gasteiger partial charge in [-0.1, -0.05) is 0 Å². The maximum absolute atomic E-state index is 13.0. The van der Waals surface area contributed by atoms with Crippen molar-refractivity contribution in [2.24, 2.45) is 5.92 Å². The van der Waals surface area contributed by atoms with Crippen LogP contribution in [0.4, 0.5) is 15.0 Å². The summed E-state index contributed by atoms with van der Waals surface area (Å²) < 4.78 is 25.4. The number of carbonyl (C=O) groups is 1. The first-order valence-corrected chi connectivity index (χ1v) is 11.7. The number of ether oxygens (including phenoxy) is 2.